The number of hydrogen-bond donors (Lipinski definition) is 1. The van der Waals surface area contributed by atoms with E-state index in [1.165, 1.54) is 18.5 Å². The second kappa shape index (κ2) is 10.7. The predicted molar refractivity (Wildman–Crippen MR) is 132 cm³/mol. The maximum Gasteiger partial charge on any atom is 0.276 e. The van der Waals surface area contributed by atoms with Gasteiger partial charge in [0.2, 0.25) is 5.91 Å². The number of aromatic nitrogens is 3. The molecule has 0 unspecified atom stereocenters. The SMILES string of the molecule is CC(=O)N1CCC(Cn2ncc(Cl)c2C(=O)Nc2ncc(C#Cc3ccccc3F)cc2C)CC1. The van der Waals surface area contributed by atoms with Crippen molar-refractivity contribution in [1.29, 1.82) is 0 Å². The van der Waals surface area contributed by atoms with Crippen molar-refractivity contribution in [3.05, 3.63) is 75.9 Å². The molecule has 1 aliphatic rings. The smallest absolute Gasteiger partial charge is 0.276 e. The van der Waals surface area contributed by atoms with Crippen molar-refractivity contribution >= 4 is 29.2 Å². The number of nitrogens with zero attached hydrogens (tertiary/aromatic N) is 4. The molecule has 1 fully saturated rings. The minimum atomic E-state index is -0.408. The van der Waals surface area contributed by atoms with Gasteiger partial charge in [-0.3, -0.25) is 14.3 Å². The molecule has 0 spiro atoms. The number of piperidine rings is 1. The van der Waals surface area contributed by atoms with E-state index in [9.17, 15) is 14.0 Å². The van der Waals surface area contributed by atoms with Crippen LogP contribution in [0.15, 0.2) is 42.7 Å². The van der Waals surface area contributed by atoms with Gasteiger partial charge in [0.1, 0.15) is 17.3 Å². The van der Waals surface area contributed by atoms with Crippen LogP contribution in [0.5, 0.6) is 0 Å². The standard InChI is InChI=1S/C26H25ClFN5O2/c1-17-13-20(7-8-21-5-3-4-6-23(21)28)14-29-25(17)31-26(35)24-22(27)15-30-33(24)16-19-9-11-32(12-10-19)18(2)34/h3-6,13-15,19H,9-12,16H2,1-2H3,(H,29,31,35). The molecule has 35 heavy (non-hydrogen) atoms. The third-order valence-electron chi connectivity index (χ3n) is 6.03. The molecule has 1 saturated heterocycles. The Kier molecular flexibility index (Phi) is 7.47. The van der Waals surface area contributed by atoms with Crippen LogP contribution < -0.4 is 5.32 Å². The number of aryl methyl sites for hydroxylation is 1. The largest absolute Gasteiger partial charge is 0.343 e. The van der Waals surface area contributed by atoms with Crippen molar-refractivity contribution in [3.8, 4) is 11.8 Å². The number of halogens is 2. The first-order valence-electron chi connectivity index (χ1n) is 11.3. The van der Waals surface area contributed by atoms with Gasteiger partial charge < -0.3 is 10.2 Å². The van der Waals surface area contributed by atoms with Gasteiger partial charge in [0.15, 0.2) is 0 Å². The van der Waals surface area contributed by atoms with E-state index in [1.54, 1.807) is 42.8 Å². The van der Waals surface area contributed by atoms with Crippen molar-refractivity contribution in [2.24, 2.45) is 5.92 Å². The highest BCUT2D eigenvalue weighted by Gasteiger charge is 2.25. The lowest BCUT2D eigenvalue weighted by Crippen LogP contribution is -2.38. The zero-order valence-corrected chi connectivity index (χ0v) is 20.3. The zero-order valence-electron chi connectivity index (χ0n) is 19.5. The number of carbonyl (C=O) groups excluding carboxylic acids is 2. The van der Waals surface area contributed by atoms with Crippen LogP contribution in [0.4, 0.5) is 10.2 Å². The van der Waals surface area contributed by atoms with E-state index >= 15 is 0 Å². The Bertz CT molecular complexity index is 1320. The number of pyridine rings is 1. The third kappa shape index (κ3) is 5.87. The van der Waals surface area contributed by atoms with Crippen LogP contribution in [-0.2, 0) is 11.3 Å². The Hall–Kier alpha value is -3.70. The molecular formula is C26H25ClFN5O2. The number of anilines is 1. The summed E-state index contributed by atoms with van der Waals surface area (Å²) in [5.74, 6) is 5.66. The second-order valence-electron chi connectivity index (χ2n) is 8.55. The molecule has 0 saturated carbocycles. The highest BCUT2D eigenvalue weighted by atomic mass is 35.5. The Morgan fingerprint density at radius 1 is 1.20 bits per heavy atom. The first-order chi connectivity index (χ1) is 16.8. The van der Waals surface area contributed by atoms with E-state index in [0.717, 1.165) is 12.8 Å². The fourth-order valence-electron chi connectivity index (χ4n) is 4.04. The number of carbonyl (C=O) groups is 2. The van der Waals surface area contributed by atoms with Crippen LogP contribution in [0.25, 0.3) is 0 Å². The van der Waals surface area contributed by atoms with Crippen LogP contribution in [0, 0.1) is 30.5 Å². The van der Waals surface area contributed by atoms with Gasteiger partial charge in [0, 0.05) is 38.3 Å². The predicted octanol–water partition coefficient (Wildman–Crippen LogP) is 4.29. The molecular weight excluding hydrogens is 469 g/mol. The Balaban J connectivity index is 1.44. The molecule has 2 aromatic heterocycles. The fourth-order valence-corrected chi connectivity index (χ4v) is 4.27. The number of nitrogens with one attached hydrogen (secondary N) is 1. The maximum atomic E-state index is 13.8. The Labute approximate surface area is 208 Å². The molecule has 7 nitrogen and oxygen atoms in total. The van der Waals surface area contributed by atoms with Crippen molar-refractivity contribution in [3.63, 3.8) is 0 Å². The van der Waals surface area contributed by atoms with E-state index in [0.29, 0.717) is 48.1 Å². The highest BCUT2D eigenvalue weighted by molar-refractivity contribution is 6.34. The number of likely N-dealkylation sites (tertiary alicyclic amines) is 1. The second-order valence-corrected chi connectivity index (χ2v) is 8.95. The van der Waals surface area contributed by atoms with Gasteiger partial charge in [-0.25, -0.2) is 9.37 Å². The summed E-state index contributed by atoms with van der Waals surface area (Å²) in [6.45, 7) is 5.32. The molecule has 0 aliphatic carbocycles. The normalized spacial score (nSPS) is 13.8. The lowest BCUT2D eigenvalue weighted by Gasteiger charge is -2.31. The van der Waals surface area contributed by atoms with E-state index in [2.05, 4.69) is 27.2 Å². The summed E-state index contributed by atoms with van der Waals surface area (Å²) in [4.78, 5) is 30.8. The van der Waals surface area contributed by atoms with E-state index in [-0.39, 0.29) is 22.4 Å². The molecule has 180 valence electrons. The monoisotopic (exact) mass is 493 g/mol. The number of hydrogen-bond acceptors (Lipinski definition) is 4. The number of benzene rings is 1. The first kappa shape index (κ1) is 24.4. The summed E-state index contributed by atoms with van der Waals surface area (Å²) >= 11 is 6.30. The summed E-state index contributed by atoms with van der Waals surface area (Å²) in [5.41, 5.74) is 1.88. The topological polar surface area (TPSA) is 80.1 Å². The average molecular weight is 494 g/mol. The van der Waals surface area contributed by atoms with E-state index in [4.69, 9.17) is 11.6 Å². The fraction of sp³-hybridized carbons (Fsp3) is 0.308. The van der Waals surface area contributed by atoms with Crippen LogP contribution in [0.2, 0.25) is 5.02 Å². The quantitative estimate of drug-likeness (QED) is 0.550. The van der Waals surface area contributed by atoms with Crippen molar-refractivity contribution in [2.45, 2.75) is 33.2 Å². The third-order valence-corrected chi connectivity index (χ3v) is 6.30. The lowest BCUT2D eigenvalue weighted by molar-refractivity contribution is -0.130. The number of rotatable bonds is 4. The van der Waals surface area contributed by atoms with Gasteiger partial charge in [-0.15, -0.1) is 0 Å². The molecule has 1 N–H and O–H groups in total. The minimum Gasteiger partial charge on any atom is -0.343 e. The van der Waals surface area contributed by atoms with Gasteiger partial charge >= 0.3 is 0 Å². The van der Waals surface area contributed by atoms with Crippen LogP contribution in [-0.4, -0.2) is 44.6 Å². The van der Waals surface area contributed by atoms with Gasteiger partial charge in [-0.1, -0.05) is 35.6 Å². The van der Waals surface area contributed by atoms with Crippen LogP contribution in [0.3, 0.4) is 0 Å². The Morgan fingerprint density at radius 3 is 2.63 bits per heavy atom. The molecule has 9 heteroatoms. The molecule has 3 heterocycles. The van der Waals surface area contributed by atoms with E-state index < -0.39 is 5.91 Å². The van der Waals surface area contributed by atoms with Crippen LogP contribution >= 0.6 is 11.6 Å². The summed E-state index contributed by atoms with van der Waals surface area (Å²) in [6, 6.07) is 8.07. The van der Waals surface area contributed by atoms with Crippen molar-refractivity contribution < 1.29 is 14.0 Å². The van der Waals surface area contributed by atoms with Gasteiger partial charge in [-0.2, -0.15) is 5.10 Å². The summed E-state index contributed by atoms with van der Waals surface area (Å²) in [7, 11) is 0. The summed E-state index contributed by atoms with van der Waals surface area (Å²) < 4.78 is 15.4. The van der Waals surface area contributed by atoms with Gasteiger partial charge in [-0.05, 0) is 49.4 Å². The maximum absolute atomic E-state index is 13.8. The molecule has 1 aliphatic heterocycles. The van der Waals surface area contributed by atoms with E-state index in [1.807, 2.05) is 4.90 Å². The minimum absolute atomic E-state index is 0.0812. The van der Waals surface area contributed by atoms with Crippen molar-refractivity contribution in [2.75, 3.05) is 18.4 Å². The van der Waals surface area contributed by atoms with Gasteiger partial charge in [0.05, 0.1) is 16.8 Å². The molecule has 0 atom stereocenters. The lowest BCUT2D eigenvalue weighted by atomic mass is 9.97. The van der Waals surface area contributed by atoms with Gasteiger partial charge in [0.25, 0.3) is 5.91 Å². The Morgan fingerprint density at radius 2 is 1.94 bits per heavy atom. The van der Waals surface area contributed by atoms with Crippen molar-refractivity contribution in [1.82, 2.24) is 19.7 Å². The molecule has 0 radical (unpaired) electrons. The molecule has 2 amide bonds. The zero-order chi connectivity index (χ0) is 24.9. The number of amides is 2. The first-order valence-corrected chi connectivity index (χ1v) is 11.7. The molecule has 3 aromatic rings. The average Bonchev–Trinajstić information content (AvgIpc) is 3.20. The molecule has 4 rings (SSSR count). The van der Waals surface area contributed by atoms with Crippen LogP contribution in [0.1, 0.15) is 46.9 Å². The highest BCUT2D eigenvalue weighted by Crippen LogP contribution is 2.23. The molecule has 1 aromatic carbocycles. The molecule has 0 bridgehead atoms. The summed E-state index contributed by atoms with van der Waals surface area (Å²) in [5, 5.41) is 7.36. The summed E-state index contributed by atoms with van der Waals surface area (Å²) in [6.07, 6.45) is 4.67.